The fourth-order valence-corrected chi connectivity index (χ4v) is 4.91. The Morgan fingerprint density at radius 1 is 0.800 bits per heavy atom. The summed E-state index contributed by atoms with van der Waals surface area (Å²) >= 11 is 0. The highest BCUT2D eigenvalue weighted by Gasteiger charge is 2.23. The summed E-state index contributed by atoms with van der Waals surface area (Å²) in [4.78, 5) is 2.86. The smallest absolute Gasteiger partial charge is 0.161 e. The van der Waals surface area contributed by atoms with Crippen molar-refractivity contribution < 1.29 is 28.9 Å². The van der Waals surface area contributed by atoms with Crippen molar-refractivity contribution in [1.29, 1.82) is 0 Å². The van der Waals surface area contributed by atoms with Gasteiger partial charge in [0.1, 0.15) is 5.75 Å². The molecule has 2 rings (SSSR count). The molecule has 4 nitrogen and oxygen atoms in total. The van der Waals surface area contributed by atoms with Gasteiger partial charge in [-0.05, 0) is 30.3 Å². The first-order valence-electron chi connectivity index (χ1n) is 7.67. The van der Waals surface area contributed by atoms with Crippen molar-refractivity contribution in [3.63, 3.8) is 0 Å². The Kier molecular flexibility index (Phi) is 8.88. The van der Waals surface area contributed by atoms with E-state index >= 15 is 0 Å². The van der Waals surface area contributed by atoms with Crippen LogP contribution in [-0.2, 0) is 10.9 Å². The maximum atomic E-state index is 8.49. The van der Waals surface area contributed by atoms with Crippen LogP contribution in [0.25, 0.3) is 0 Å². The molecule has 0 saturated carbocycles. The van der Waals surface area contributed by atoms with Gasteiger partial charge < -0.3 is 0 Å². The van der Waals surface area contributed by atoms with E-state index < -0.39 is 18.3 Å². The SMILES string of the molecule is C[Si](C)(C)/C=C/C[S+](c1ccccc1)c1ccccc1.[O-][Cl+3]([O-])([O-])[O-]. The number of hydrogen-bond acceptors (Lipinski definition) is 4. The molecule has 0 aliphatic carbocycles. The minimum atomic E-state index is -4.94. The first kappa shape index (κ1) is 21.9. The van der Waals surface area contributed by atoms with E-state index in [0.717, 1.165) is 5.75 Å². The molecule has 0 heterocycles. The molecule has 136 valence electrons. The van der Waals surface area contributed by atoms with Gasteiger partial charge in [-0.3, -0.25) is 0 Å². The Balaban J connectivity index is 0.000000550. The highest BCUT2D eigenvalue weighted by Crippen LogP contribution is 2.23. The second kappa shape index (κ2) is 10.1. The summed E-state index contributed by atoms with van der Waals surface area (Å²) in [6.07, 6.45) is 2.40. The number of rotatable bonds is 5. The number of halogens is 1. The summed E-state index contributed by atoms with van der Waals surface area (Å²) in [6.45, 7) is 7.14. The molecule has 25 heavy (non-hydrogen) atoms. The Labute approximate surface area is 155 Å². The van der Waals surface area contributed by atoms with E-state index in [4.69, 9.17) is 18.6 Å². The van der Waals surface area contributed by atoms with Crippen molar-refractivity contribution in [1.82, 2.24) is 0 Å². The Morgan fingerprint density at radius 2 is 1.16 bits per heavy atom. The second-order valence-corrected chi connectivity index (χ2v) is 14.2. The molecule has 0 N–H and O–H groups in total. The van der Waals surface area contributed by atoms with Crippen LogP contribution in [0.3, 0.4) is 0 Å². The molecule has 0 fully saturated rings. The quantitative estimate of drug-likeness (QED) is 0.538. The molecule has 0 aliphatic heterocycles. The number of hydrogen-bond donors (Lipinski definition) is 0. The fourth-order valence-electron chi connectivity index (χ4n) is 2.00. The van der Waals surface area contributed by atoms with Crippen LogP contribution in [0.5, 0.6) is 0 Å². The molecular formula is C18H23ClO4SSi. The third-order valence-corrected chi connectivity index (χ3v) is 6.38. The van der Waals surface area contributed by atoms with Gasteiger partial charge in [0.25, 0.3) is 0 Å². The van der Waals surface area contributed by atoms with Crippen molar-refractivity contribution in [3.8, 4) is 0 Å². The van der Waals surface area contributed by atoms with Crippen molar-refractivity contribution in [2.75, 3.05) is 5.75 Å². The maximum absolute atomic E-state index is 8.49. The molecule has 7 heteroatoms. The molecule has 0 spiro atoms. The van der Waals surface area contributed by atoms with Gasteiger partial charge >= 0.3 is 0 Å². The van der Waals surface area contributed by atoms with Crippen molar-refractivity contribution >= 4 is 19.0 Å². The van der Waals surface area contributed by atoms with Gasteiger partial charge in [-0.25, -0.2) is 18.6 Å². The van der Waals surface area contributed by atoms with E-state index in [2.05, 4.69) is 92.1 Å². The summed E-state index contributed by atoms with van der Waals surface area (Å²) in [6, 6.07) is 21.7. The summed E-state index contributed by atoms with van der Waals surface area (Å²) in [5, 5.41) is 0. The van der Waals surface area contributed by atoms with E-state index in [1.54, 1.807) is 0 Å². The Hall–Kier alpha value is -1.12. The lowest BCUT2D eigenvalue weighted by molar-refractivity contribution is -2.00. The van der Waals surface area contributed by atoms with Gasteiger partial charge in [0.15, 0.2) is 9.79 Å². The first-order chi connectivity index (χ1) is 11.6. The van der Waals surface area contributed by atoms with Crippen LogP contribution < -0.4 is 18.6 Å². The first-order valence-corrected chi connectivity index (χ1v) is 13.9. The maximum Gasteiger partial charge on any atom is 0.161 e. The van der Waals surface area contributed by atoms with Crippen LogP contribution in [0.1, 0.15) is 0 Å². The summed E-state index contributed by atoms with van der Waals surface area (Å²) in [5.74, 6) is 1.11. The average Bonchev–Trinajstić information content (AvgIpc) is 2.51. The van der Waals surface area contributed by atoms with Crippen LogP contribution in [0.4, 0.5) is 0 Å². The van der Waals surface area contributed by atoms with Gasteiger partial charge in [-0.2, -0.15) is 0 Å². The van der Waals surface area contributed by atoms with Crippen LogP contribution in [0, 0.1) is 10.2 Å². The standard InChI is InChI=1S/C18H23SSi.ClHO4/c1-20(2,3)16-10-15-19(17-11-6-4-7-12-17)18-13-8-5-9-14-18;2-1(3,4)5/h4-14,16H,15H2,1-3H3;(H,2,3,4,5)/q+1;/p-1/b16-10+;. The zero-order valence-corrected chi connectivity index (χ0v) is 17.1. The zero-order valence-electron chi connectivity index (χ0n) is 14.6. The highest BCUT2D eigenvalue weighted by molar-refractivity contribution is 7.97. The van der Waals surface area contributed by atoms with Crippen molar-refractivity contribution in [2.45, 2.75) is 29.4 Å². The molecule has 0 aliphatic rings. The Morgan fingerprint density at radius 3 is 1.48 bits per heavy atom. The van der Waals surface area contributed by atoms with Gasteiger partial charge in [-0.1, -0.05) is 61.7 Å². The topological polar surface area (TPSA) is 92.2 Å². The largest absolute Gasteiger partial charge is 0.222 e. The third kappa shape index (κ3) is 11.2. The van der Waals surface area contributed by atoms with E-state index in [1.165, 1.54) is 9.79 Å². The normalized spacial score (nSPS) is 12.2. The van der Waals surface area contributed by atoms with Crippen molar-refractivity contribution in [3.05, 3.63) is 72.4 Å². The van der Waals surface area contributed by atoms with Crippen LogP contribution in [0.15, 0.2) is 82.2 Å². The number of benzene rings is 2. The van der Waals surface area contributed by atoms with Gasteiger partial charge in [0, 0.05) is 0 Å². The fraction of sp³-hybridized carbons (Fsp3) is 0.222. The predicted molar refractivity (Wildman–Crippen MR) is 94.1 cm³/mol. The van der Waals surface area contributed by atoms with Crippen LogP contribution >= 0.6 is 0 Å². The van der Waals surface area contributed by atoms with E-state index in [1.807, 2.05) is 0 Å². The summed E-state index contributed by atoms with van der Waals surface area (Å²) in [7, 11) is -5.90. The van der Waals surface area contributed by atoms with Gasteiger partial charge in [-0.15, -0.1) is 10.2 Å². The molecular weight excluding hydrogens is 376 g/mol. The lowest BCUT2D eigenvalue weighted by Gasteiger charge is -2.17. The lowest BCUT2D eigenvalue weighted by Crippen LogP contribution is -2.68. The minimum Gasteiger partial charge on any atom is -0.222 e. The molecule has 2 aromatic carbocycles. The average molecular weight is 399 g/mol. The highest BCUT2D eigenvalue weighted by atomic mass is 35.7. The van der Waals surface area contributed by atoms with Crippen LogP contribution in [0.2, 0.25) is 19.6 Å². The lowest BCUT2D eigenvalue weighted by atomic mass is 10.4. The molecule has 0 unspecified atom stereocenters. The minimum absolute atomic E-state index is 0.149. The molecule has 0 bridgehead atoms. The van der Waals surface area contributed by atoms with Gasteiger partial charge in [0.05, 0.1) is 19.0 Å². The van der Waals surface area contributed by atoms with Gasteiger partial charge in [0.2, 0.25) is 0 Å². The molecule has 0 atom stereocenters. The summed E-state index contributed by atoms with van der Waals surface area (Å²) < 4.78 is 34.0. The molecule has 0 saturated heterocycles. The van der Waals surface area contributed by atoms with Crippen molar-refractivity contribution in [2.24, 2.45) is 0 Å². The third-order valence-electron chi connectivity index (χ3n) is 2.94. The van der Waals surface area contributed by atoms with E-state index in [9.17, 15) is 0 Å². The molecule has 0 amide bonds. The Bertz CT molecular complexity index is 594. The van der Waals surface area contributed by atoms with E-state index in [-0.39, 0.29) is 10.9 Å². The zero-order chi connectivity index (χ0) is 18.9. The van der Waals surface area contributed by atoms with E-state index in [0.29, 0.717) is 0 Å². The molecule has 0 aromatic heterocycles. The predicted octanol–water partition coefficient (Wildman–Crippen LogP) is 0.401. The van der Waals surface area contributed by atoms with Crippen LogP contribution in [-0.4, -0.2) is 13.8 Å². The molecule has 0 radical (unpaired) electrons. The monoisotopic (exact) mass is 398 g/mol. The second-order valence-electron chi connectivity index (χ2n) is 6.33. The summed E-state index contributed by atoms with van der Waals surface area (Å²) in [5.41, 5.74) is 2.46. The molecule has 2 aromatic rings.